The minimum absolute atomic E-state index is 1.07. The van der Waals surface area contributed by atoms with E-state index in [9.17, 15) is 0 Å². The van der Waals surface area contributed by atoms with Crippen LogP contribution in [0.15, 0.2) is 77.9 Å². The Morgan fingerprint density at radius 3 is 2.35 bits per heavy atom. The van der Waals surface area contributed by atoms with Gasteiger partial charge in [0.2, 0.25) is 0 Å². The molecule has 0 radical (unpaired) electrons. The number of hydrogen-bond donors (Lipinski definition) is 0. The summed E-state index contributed by atoms with van der Waals surface area (Å²) >= 11 is 0. The smallest absolute Gasteiger partial charge is 0.0590 e. The van der Waals surface area contributed by atoms with Crippen molar-refractivity contribution in [1.82, 2.24) is 0 Å². The summed E-state index contributed by atoms with van der Waals surface area (Å²) in [4.78, 5) is 0. The molecule has 0 aliphatic carbocycles. The molecule has 2 nitrogen and oxygen atoms in total. The minimum Gasteiger partial charge on any atom is -0.269 e. The Balaban J connectivity index is 1.91. The van der Waals surface area contributed by atoms with Crippen LogP contribution in [0.3, 0.4) is 0 Å². The third-order valence-corrected chi connectivity index (χ3v) is 3.32. The van der Waals surface area contributed by atoms with E-state index in [-0.39, 0.29) is 0 Å². The Kier molecular flexibility index (Phi) is 3.46. The standard InChI is InChI=1S/C18H16N2/c1-20(17-11-3-2-4-12-17)19-14-16-10-7-9-15-8-5-6-13-18(15)16/h2-14H,1H3/b19-14+. The maximum Gasteiger partial charge on any atom is 0.0590 e. The number of hydrogen-bond acceptors (Lipinski definition) is 2. The zero-order chi connectivity index (χ0) is 13.8. The van der Waals surface area contributed by atoms with Gasteiger partial charge in [0.25, 0.3) is 0 Å². The van der Waals surface area contributed by atoms with Gasteiger partial charge in [0.15, 0.2) is 0 Å². The lowest BCUT2D eigenvalue weighted by Gasteiger charge is -2.12. The van der Waals surface area contributed by atoms with Crippen molar-refractivity contribution in [2.45, 2.75) is 0 Å². The molecule has 98 valence electrons. The predicted molar refractivity (Wildman–Crippen MR) is 86.4 cm³/mol. The first kappa shape index (κ1) is 12.4. The molecule has 3 aromatic rings. The van der Waals surface area contributed by atoms with Crippen molar-refractivity contribution < 1.29 is 0 Å². The van der Waals surface area contributed by atoms with E-state index in [0.717, 1.165) is 11.3 Å². The van der Waals surface area contributed by atoms with E-state index in [4.69, 9.17) is 0 Å². The van der Waals surface area contributed by atoms with E-state index >= 15 is 0 Å². The van der Waals surface area contributed by atoms with Crippen molar-refractivity contribution in [3.63, 3.8) is 0 Å². The minimum atomic E-state index is 1.07. The Morgan fingerprint density at radius 1 is 0.800 bits per heavy atom. The van der Waals surface area contributed by atoms with E-state index < -0.39 is 0 Å². The molecule has 0 bridgehead atoms. The quantitative estimate of drug-likeness (QED) is 0.506. The van der Waals surface area contributed by atoms with Crippen LogP contribution >= 0.6 is 0 Å². The molecule has 0 saturated carbocycles. The van der Waals surface area contributed by atoms with E-state index in [2.05, 4.69) is 47.6 Å². The highest BCUT2D eigenvalue weighted by Gasteiger charge is 1.99. The number of para-hydroxylation sites is 1. The van der Waals surface area contributed by atoms with Crippen LogP contribution in [0.4, 0.5) is 5.69 Å². The predicted octanol–water partition coefficient (Wildman–Crippen LogP) is 4.31. The highest BCUT2D eigenvalue weighted by Crippen LogP contribution is 2.17. The fourth-order valence-electron chi connectivity index (χ4n) is 2.22. The maximum absolute atomic E-state index is 4.52. The lowest BCUT2D eigenvalue weighted by molar-refractivity contribution is 1.02. The number of anilines is 1. The zero-order valence-electron chi connectivity index (χ0n) is 11.4. The fourth-order valence-corrected chi connectivity index (χ4v) is 2.22. The van der Waals surface area contributed by atoms with E-state index in [1.54, 1.807) is 0 Å². The van der Waals surface area contributed by atoms with Crippen molar-refractivity contribution in [3.05, 3.63) is 78.4 Å². The number of nitrogens with zero attached hydrogens (tertiary/aromatic N) is 2. The van der Waals surface area contributed by atoms with Gasteiger partial charge in [-0.15, -0.1) is 0 Å². The van der Waals surface area contributed by atoms with Gasteiger partial charge in [-0.1, -0.05) is 60.7 Å². The normalized spacial score (nSPS) is 11.1. The van der Waals surface area contributed by atoms with Crippen LogP contribution in [-0.4, -0.2) is 13.3 Å². The molecule has 0 spiro atoms. The second kappa shape index (κ2) is 5.57. The van der Waals surface area contributed by atoms with Gasteiger partial charge in [-0.3, -0.25) is 5.01 Å². The van der Waals surface area contributed by atoms with Crippen LogP contribution in [0.2, 0.25) is 0 Å². The monoisotopic (exact) mass is 260 g/mol. The van der Waals surface area contributed by atoms with Gasteiger partial charge in [-0.25, -0.2) is 0 Å². The van der Waals surface area contributed by atoms with Crippen LogP contribution in [0.5, 0.6) is 0 Å². The topological polar surface area (TPSA) is 15.6 Å². The molecule has 0 N–H and O–H groups in total. The van der Waals surface area contributed by atoms with E-state index in [0.29, 0.717) is 0 Å². The van der Waals surface area contributed by atoms with Crippen molar-refractivity contribution in [1.29, 1.82) is 0 Å². The van der Waals surface area contributed by atoms with Gasteiger partial charge in [-0.2, -0.15) is 5.10 Å². The fraction of sp³-hybridized carbons (Fsp3) is 0.0556. The van der Waals surface area contributed by atoms with Crippen LogP contribution in [-0.2, 0) is 0 Å². The maximum atomic E-state index is 4.52. The van der Waals surface area contributed by atoms with Crippen LogP contribution in [0, 0.1) is 0 Å². The molecule has 0 heterocycles. The van der Waals surface area contributed by atoms with Gasteiger partial charge < -0.3 is 0 Å². The molecule has 0 amide bonds. The summed E-state index contributed by atoms with van der Waals surface area (Å²) in [5.41, 5.74) is 2.20. The molecule has 3 rings (SSSR count). The summed E-state index contributed by atoms with van der Waals surface area (Å²) < 4.78 is 0. The molecule has 20 heavy (non-hydrogen) atoms. The van der Waals surface area contributed by atoms with Crippen LogP contribution < -0.4 is 5.01 Å². The van der Waals surface area contributed by atoms with Gasteiger partial charge in [0.05, 0.1) is 11.9 Å². The van der Waals surface area contributed by atoms with Crippen molar-refractivity contribution in [3.8, 4) is 0 Å². The van der Waals surface area contributed by atoms with E-state index in [1.807, 2.05) is 48.6 Å². The summed E-state index contributed by atoms with van der Waals surface area (Å²) in [6.45, 7) is 0. The number of fused-ring (bicyclic) bond motifs is 1. The average molecular weight is 260 g/mol. The van der Waals surface area contributed by atoms with Gasteiger partial charge in [0.1, 0.15) is 0 Å². The first-order chi connectivity index (χ1) is 9.84. The number of rotatable bonds is 3. The Labute approximate surface area is 119 Å². The van der Waals surface area contributed by atoms with Gasteiger partial charge in [-0.05, 0) is 22.9 Å². The summed E-state index contributed by atoms with van der Waals surface area (Å²) in [7, 11) is 1.96. The number of benzene rings is 3. The van der Waals surface area contributed by atoms with Crippen LogP contribution in [0.25, 0.3) is 10.8 Å². The summed E-state index contributed by atoms with van der Waals surface area (Å²) in [6.07, 6.45) is 1.91. The van der Waals surface area contributed by atoms with E-state index in [1.165, 1.54) is 10.8 Å². The lowest BCUT2D eigenvalue weighted by Crippen LogP contribution is -2.08. The third-order valence-electron chi connectivity index (χ3n) is 3.32. The molecule has 0 aliphatic heterocycles. The molecule has 0 fully saturated rings. The lowest BCUT2D eigenvalue weighted by atomic mass is 10.1. The highest BCUT2D eigenvalue weighted by atomic mass is 15.4. The summed E-state index contributed by atoms with van der Waals surface area (Å²) in [5, 5.41) is 8.86. The first-order valence-electron chi connectivity index (χ1n) is 6.65. The summed E-state index contributed by atoms with van der Waals surface area (Å²) in [5.74, 6) is 0. The van der Waals surface area contributed by atoms with Gasteiger partial charge >= 0.3 is 0 Å². The van der Waals surface area contributed by atoms with Gasteiger partial charge in [0, 0.05) is 12.6 Å². The molecule has 0 atom stereocenters. The molecule has 0 aliphatic rings. The average Bonchev–Trinajstić information content (AvgIpc) is 2.53. The molecule has 3 aromatic carbocycles. The highest BCUT2D eigenvalue weighted by molar-refractivity contribution is 5.99. The van der Waals surface area contributed by atoms with Crippen LogP contribution in [0.1, 0.15) is 5.56 Å². The Hall–Kier alpha value is -2.61. The second-order valence-electron chi connectivity index (χ2n) is 4.67. The van der Waals surface area contributed by atoms with Crippen molar-refractivity contribution >= 4 is 22.7 Å². The SMILES string of the molecule is CN(/N=C/c1cccc2ccccc12)c1ccccc1. The Morgan fingerprint density at radius 2 is 1.50 bits per heavy atom. The molecular weight excluding hydrogens is 244 g/mol. The molecule has 0 unspecified atom stereocenters. The molecule has 2 heteroatoms. The second-order valence-corrected chi connectivity index (χ2v) is 4.67. The third kappa shape index (κ3) is 2.54. The molecule has 0 aromatic heterocycles. The zero-order valence-corrected chi connectivity index (χ0v) is 11.4. The van der Waals surface area contributed by atoms with Crippen molar-refractivity contribution in [2.75, 3.05) is 12.1 Å². The molecule has 0 saturated heterocycles. The Bertz CT molecular complexity index is 727. The summed E-state index contributed by atoms with van der Waals surface area (Å²) in [6, 6.07) is 24.7. The van der Waals surface area contributed by atoms with Crippen molar-refractivity contribution in [2.24, 2.45) is 5.10 Å². The number of hydrazone groups is 1. The largest absolute Gasteiger partial charge is 0.269 e. The first-order valence-corrected chi connectivity index (χ1v) is 6.65. The molecular formula is C18H16N2.